The molecule has 2 rings (SSSR count). The Labute approximate surface area is 112 Å². The van der Waals surface area contributed by atoms with Crippen LogP contribution in [0, 0.1) is 0 Å². The minimum absolute atomic E-state index is 0.0968. The van der Waals surface area contributed by atoms with Crippen LogP contribution in [0.3, 0.4) is 0 Å². The van der Waals surface area contributed by atoms with Gasteiger partial charge in [-0.25, -0.2) is 0 Å². The zero-order valence-electron chi connectivity index (χ0n) is 11.4. The first-order chi connectivity index (χ1) is 9.63. The molecule has 2 N–H and O–H groups in total. The summed E-state index contributed by atoms with van der Waals surface area (Å²) in [6, 6.07) is 11.2. The van der Waals surface area contributed by atoms with E-state index >= 15 is 0 Å². The molecule has 0 amide bonds. The monoisotopic (exact) mass is 260 g/mol. The van der Waals surface area contributed by atoms with Crippen molar-refractivity contribution in [1.29, 1.82) is 1.43 Å². The smallest absolute Gasteiger partial charge is 0.293 e. The van der Waals surface area contributed by atoms with Crippen LogP contribution in [-0.2, 0) is 6.42 Å². The number of hydrogen-bond acceptors (Lipinski definition) is 4. The van der Waals surface area contributed by atoms with Gasteiger partial charge in [-0.05, 0) is 29.8 Å². The van der Waals surface area contributed by atoms with Gasteiger partial charge in [0.05, 0.1) is 12.7 Å². The van der Waals surface area contributed by atoms with E-state index in [2.05, 4.69) is 5.11 Å². The maximum atomic E-state index is 12.1. The number of benzene rings is 2. The second kappa shape index (κ2) is 5.44. The van der Waals surface area contributed by atoms with Gasteiger partial charge in [0.1, 0.15) is 17.2 Å². The van der Waals surface area contributed by atoms with Crippen molar-refractivity contribution < 1.29 is 19.7 Å². The van der Waals surface area contributed by atoms with Crippen molar-refractivity contribution in [3.8, 4) is 17.2 Å². The molecule has 0 radical (unpaired) electrons. The summed E-state index contributed by atoms with van der Waals surface area (Å²) in [4.78, 5) is 12.1. The summed E-state index contributed by atoms with van der Waals surface area (Å²) < 4.78 is 11.7. The van der Waals surface area contributed by atoms with Crippen molar-refractivity contribution in [3.63, 3.8) is 0 Å². The van der Waals surface area contributed by atoms with Gasteiger partial charge < -0.3 is 15.0 Å². The number of carbonyl (C=O) groups excluding carboxylic acids is 1. The van der Waals surface area contributed by atoms with Crippen molar-refractivity contribution in [1.82, 2.24) is 0 Å². The maximum Gasteiger partial charge on any atom is 0.293 e. The van der Waals surface area contributed by atoms with Gasteiger partial charge in [-0.1, -0.05) is 12.1 Å². The molecule has 0 spiro atoms. The number of phenolic OH excluding ortho intramolecular Hbond substituents is 2. The molecule has 2 aromatic rings. The van der Waals surface area contributed by atoms with E-state index in [4.69, 9.17) is 6.17 Å². The highest BCUT2D eigenvalue weighted by Crippen LogP contribution is 2.24. The number of Topliss-reactive ketones (excluding diaryl/α,β-unsaturated/α-hetero) is 1. The average Bonchev–Trinajstić information content (AvgIpc) is 2.47. The summed E-state index contributed by atoms with van der Waals surface area (Å²) >= 11 is 0. The lowest BCUT2D eigenvalue weighted by Gasteiger charge is -2.06. The summed E-state index contributed by atoms with van der Waals surface area (Å²) in [6.07, 6.45) is 0.165. The lowest BCUT2D eigenvalue weighted by atomic mass is 10.0. The normalized spacial score (nSPS) is 10.7. The molecule has 0 aliphatic carbocycles. The van der Waals surface area contributed by atoms with Gasteiger partial charge in [-0.3, -0.25) is 4.79 Å². The molecular formula is C15H14O4. The number of aromatic hydroxyl groups is 2. The predicted molar refractivity (Wildman–Crippen MR) is 70.8 cm³/mol. The van der Waals surface area contributed by atoms with Crippen LogP contribution in [0.2, 0.25) is 0 Å². The summed E-state index contributed by atoms with van der Waals surface area (Å²) in [7, 11) is 1.49. The largest absolute Gasteiger partial charge is 0.508 e. The van der Waals surface area contributed by atoms with Crippen LogP contribution in [0.5, 0.6) is 17.2 Å². The van der Waals surface area contributed by atoms with Crippen LogP contribution >= 0.6 is 0 Å². The first-order valence-electron chi connectivity index (χ1n) is 6.17. The fourth-order valence-electron chi connectivity index (χ4n) is 1.76. The molecule has 0 atom stereocenters. The molecular weight excluding hydrogens is 244 g/mol. The molecule has 0 aliphatic rings. The second-order valence-corrected chi connectivity index (χ2v) is 4.13. The minimum Gasteiger partial charge on any atom is -0.508 e. The van der Waals surface area contributed by atoms with Crippen molar-refractivity contribution in [3.05, 3.63) is 53.6 Å². The van der Waals surface area contributed by atoms with E-state index in [1.807, 2.05) is 0 Å². The number of ether oxygens (including phenoxy) is 1. The first-order valence-corrected chi connectivity index (χ1v) is 5.76. The Hall–Kier alpha value is -2.49. The molecule has 0 fully saturated rings. The van der Waals surface area contributed by atoms with Gasteiger partial charge in [0, 0.05) is 12.5 Å². The number of ketones is 1. The lowest BCUT2D eigenvalue weighted by molar-refractivity contribution is 0.0990. The molecule has 98 valence electrons. The summed E-state index contributed by atoms with van der Waals surface area (Å²) in [5, 5.41) is 14.1. The van der Waals surface area contributed by atoms with Gasteiger partial charge in [-0.2, -0.15) is 0 Å². The van der Waals surface area contributed by atoms with Crippen molar-refractivity contribution in [2.75, 3.05) is 7.11 Å². The van der Waals surface area contributed by atoms with E-state index in [-0.39, 0.29) is 23.5 Å². The summed E-state index contributed by atoms with van der Waals surface area (Å²) in [5.41, 5.74) is 1.04. The molecule has 0 aliphatic heterocycles. The van der Waals surface area contributed by atoms with Gasteiger partial charge in [0.15, 0.2) is 5.78 Å². The van der Waals surface area contributed by atoms with Crippen LogP contribution in [0.4, 0.5) is 0 Å². The Morgan fingerprint density at radius 3 is 2.58 bits per heavy atom. The first kappa shape index (κ1) is 11.6. The Morgan fingerprint density at radius 1 is 1.26 bits per heavy atom. The van der Waals surface area contributed by atoms with Crippen LogP contribution in [0.15, 0.2) is 42.5 Å². The Balaban J connectivity index is 2.14. The number of methoxy groups -OCH3 is 1. The van der Waals surface area contributed by atoms with Crippen LogP contribution in [0.1, 0.15) is 15.9 Å². The zero-order valence-corrected chi connectivity index (χ0v) is 10.4. The van der Waals surface area contributed by atoms with Crippen LogP contribution in [0.25, 0.3) is 0 Å². The number of phenols is 2. The Kier molecular flexibility index (Phi) is 3.32. The average molecular weight is 260 g/mol. The second-order valence-electron chi connectivity index (χ2n) is 4.13. The van der Waals surface area contributed by atoms with E-state index in [1.54, 1.807) is 30.3 Å². The van der Waals surface area contributed by atoms with Gasteiger partial charge in [0.2, 0.25) is 0 Å². The third kappa shape index (κ3) is 3.04. The zero-order chi connectivity index (χ0) is 14.5. The van der Waals surface area contributed by atoms with E-state index in [0.717, 1.165) is 5.56 Å². The van der Waals surface area contributed by atoms with E-state index < -0.39 is 0 Å². The molecule has 0 saturated heterocycles. The standard InChI is InChI=1S/C15H14O4/c1-19-12-6-7-13(15(18)9-12)14(17)8-10-2-4-11(16)5-3-10/h2-7,9,16,18H,8H2,1H3/i/hT. The third-order valence-electron chi connectivity index (χ3n) is 2.79. The molecule has 0 bridgehead atoms. The summed E-state index contributed by atoms with van der Waals surface area (Å²) in [6.45, 7) is 0. The van der Waals surface area contributed by atoms with Crippen molar-refractivity contribution in [2.24, 2.45) is 0 Å². The van der Waals surface area contributed by atoms with Crippen LogP contribution < -0.4 is 4.74 Å². The summed E-state index contributed by atoms with van der Waals surface area (Å²) in [5.74, 6) is 0.620. The molecule has 0 saturated carbocycles. The fourth-order valence-corrected chi connectivity index (χ4v) is 1.76. The van der Waals surface area contributed by atoms with E-state index in [9.17, 15) is 9.90 Å². The van der Waals surface area contributed by atoms with Gasteiger partial charge in [-0.15, -0.1) is 0 Å². The topological polar surface area (TPSA) is 66.8 Å². The molecule has 0 aromatic heterocycles. The molecule has 19 heavy (non-hydrogen) atoms. The third-order valence-corrected chi connectivity index (χ3v) is 2.79. The molecule has 0 unspecified atom stereocenters. The number of hydrogen-bond donors (Lipinski definition) is 2. The van der Waals surface area contributed by atoms with Crippen molar-refractivity contribution in [2.45, 2.75) is 6.42 Å². The minimum atomic E-state index is -0.190. The quantitative estimate of drug-likeness (QED) is 0.811. The van der Waals surface area contributed by atoms with E-state index in [0.29, 0.717) is 11.5 Å². The SMILES string of the molecule is [3H]Oc1ccc(CC(=O)c2ccc(OC)cc2O)cc1. The van der Waals surface area contributed by atoms with Gasteiger partial charge in [0.25, 0.3) is 1.43 Å². The predicted octanol–water partition coefficient (Wildman–Crippen LogP) is 2.53. The Morgan fingerprint density at radius 2 is 2.00 bits per heavy atom. The molecule has 0 heterocycles. The number of carbonyl (C=O) groups is 1. The maximum absolute atomic E-state index is 12.1. The molecule has 4 heteroatoms. The lowest BCUT2D eigenvalue weighted by Crippen LogP contribution is -2.04. The van der Waals surface area contributed by atoms with Crippen LogP contribution in [-0.4, -0.2) is 24.5 Å². The van der Waals surface area contributed by atoms with E-state index in [1.165, 1.54) is 19.2 Å². The fraction of sp³-hybridized carbons (Fsp3) is 0.133. The highest BCUT2D eigenvalue weighted by molar-refractivity contribution is 6.00. The number of rotatable bonds is 5. The Bertz CT molecular complexity index is 608. The van der Waals surface area contributed by atoms with Crippen molar-refractivity contribution >= 4 is 5.78 Å². The molecule has 2 aromatic carbocycles. The highest BCUT2D eigenvalue weighted by atomic mass is 16.5. The highest BCUT2D eigenvalue weighted by Gasteiger charge is 2.12. The van der Waals surface area contributed by atoms with Gasteiger partial charge >= 0.3 is 0 Å². The molecule has 4 nitrogen and oxygen atoms in total.